The van der Waals surface area contributed by atoms with Crippen LogP contribution in [0.25, 0.3) is 6.08 Å². The van der Waals surface area contributed by atoms with Crippen LogP contribution in [0.2, 0.25) is 0 Å². The van der Waals surface area contributed by atoms with E-state index in [1.807, 2.05) is 6.07 Å². The van der Waals surface area contributed by atoms with Crippen LogP contribution >= 0.6 is 0 Å². The van der Waals surface area contributed by atoms with Gasteiger partial charge in [0.2, 0.25) is 5.96 Å². The van der Waals surface area contributed by atoms with Gasteiger partial charge in [0.15, 0.2) is 0 Å². The zero-order chi connectivity index (χ0) is 11.3. The van der Waals surface area contributed by atoms with Gasteiger partial charge in [-0.15, -0.1) is 5.12 Å². The first-order valence-electron chi connectivity index (χ1n) is 4.18. The van der Waals surface area contributed by atoms with Crippen LogP contribution in [-0.2, 0) is 4.79 Å². The average molecular weight is 207 g/mol. The van der Waals surface area contributed by atoms with Gasteiger partial charge in [-0.05, 0) is 11.6 Å². The first-order valence-corrected chi connectivity index (χ1v) is 4.18. The van der Waals surface area contributed by atoms with Gasteiger partial charge in [0.1, 0.15) is 0 Å². The summed E-state index contributed by atoms with van der Waals surface area (Å²) in [6, 6.07) is 8.95. The highest BCUT2D eigenvalue weighted by molar-refractivity contribution is 6.01. The van der Waals surface area contributed by atoms with E-state index < -0.39 is 17.0 Å². The number of halogens is 1. The molecule has 4 nitrogen and oxygen atoms in total. The van der Waals surface area contributed by atoms with Crippen LogP contribution in [-0.4, -0.2) is 17.0 Å². The minimum absolute atomic E-state index is 0.431. The lowest BCUT2D eigenvalue weighted by Gasteiger charge is -2.04. The van der Waals surface area contributed by atoms with Gasteiger partial charge in [-0.3, -0.25) is 10.2 Å². The van der Waals surface area contributed by atoms with Crippen molar-refractivity contribution in [1.29, 1.82) is 5.41 Å². The highest BCUT2D eigenvalue weighted by atomic mass is 19.2. The van der Waals surface area contributed by atoms with E-state index in [-0.39, 0.29) is 0 Å². The van der Waals surface area contributed by atoms with E-state index in [1.165, 1.54) is 6.08 Å². The fourth-order valence-electron chi connectivity index (χ4n) is 0.916. The maximum absolute atomic E-state index is 12.7. The molecule has 0 saturated carbocycles. The van der Waals surface area contributed by atoms with E-state index in [4.69, 9.17) is 11.1 Å². The SMILES string of the molecule is N=C(N)N(F)C(=O)C=Cc1ccccc1. The molecule has 3 N–H and O–H groups in total. The molecule has 0 aliphatic carbocycles. The number of hydrogen-bond donors (Lipinski definition) is 2. The van der Waals surface area contributed by atoms with Gasteiger partial charge >= 0.3 is 0 Å². The monoisotopic (exact) mass is 207 g/mol. The normalized spacial score (nSPS) is 10.2. The topological polar surface area (TPSA) is 70.2 Å². The van der Waals surface area contributed by atoms with E-state index in [9.17, 15) is 9.28 Å². The largest absolute Gasteiger partial charge is 0.368 e. The number of nitrogens with one attached hydrogen (secondary N) is 1. The molecule has 0 atom stereocenters. The van der Waals surface area contributed by atoms with Crippen molar-refractivity contribution >= 4 is 17.9 Å². The number of nitrogens with two attached hydrogens (primary N) is 1. The molecule has 5 heteroatoms. The van der Waals surface area contributed by atoms with Gasteiger partial charge in [0.05, 0.1) is 0 Å². The third-order valence-corrected chi connectivity index (χ3v) is 1.62. The second-order valence-corrected chi connectivity index (χ2v) is 2.75. The second-order valence-electron chi connectivity index (χ2n) is 2.75. The smallest absolute Gasteiger partial charge is 0.281 e. The van der Waals surface area contributed by atoms with Crippen molar-refractivity contribution in [2.45, 2.75) is 0 Å². The molecule has 0 aliphatic heterocycles. The number of hydrogen-bond acceptors (Lipinski definition) is 2. The van der Waals surface area contributed by atoms with E-state index in [1.54, 1.807) is 24.3 Å². The summed E-state index contributed by atoms with van der Waals surface area (Å²) in [4.78, 5) is 11.0. The average Bonchev–Trinajstić information content (AvgIpc) is 2.26. The highest BCUT2D eigenvalue weighted by Crippen LogP contribution is 2.02. The van der Waals surface area contributed by atoms with Crippen molar-refractivity contribution in [2.24, 2.45) is 5.73 Å². The molecule has 1 aromatic rings. The number of rotatable bonds is 2. The van der Waals surface area contributed by atoms with Crippen molar-refractivity contribution in [3.05, 3.63) is 42.0 Å². The van der Waals surface area contributed by atoms with E-state index in [0.717, 1.165) is 11.6 Å². The highest BCUT2D eigenvalue weighted by Gasteiger charge is 2.11. The fourth-order valence-corrected chi connectivity index (χ4v) is 0.916. The van der Waals surface area contributed by atoms with Crippen molar-refractivity contribution in [3.8, 4) is 0 Å². The molecule has 0 fully saturated rings. The molecular formula is C10H10FN3O. The van der Waals surface area contributed by atoms with Crippen LogP contribution in [0, 0.1) is 5.41 Å². The predicted octanol–water partition coefficient (Wildman–Crippen LogP) is 1.31. The van der Waals surface area contributed by atoms with Crippen LogP contribution in [0.5, 0.6) is 0 Å². The maximum Gasteiger partial charge on any atom is 0.281 e. The third kappa shape index (κ3) is 3.22. The Balaban J connectivity index is 2.67. The minimum atomic E-state index is -0.980. The molecule has 0 radical (unpaired) electrons. The molecule has 0 heterocycles. The Morgan fingerprint density at radius 1 is 1.40 bits per heavy atom. The predicted molar refractivity (Wildman–Crippen MR) is 55.3 cm³/mol. The standard InChI is InChI=1S/C10H10FN3O/c11-14(10(12)13)9(15)7-6-8-4-2-1-3-5-8/h1-7H,(H3,12,13). The Bertz CT molecular complexity index is 389. The summed E-state index contributed by atoms with van der Waals surface area (Å²) in [7, 11) is 0. The lowest BCUT2D eigenvalue weighted by atomic mass is 10.2. The summed E-state index contributed by atoms with van der Waals surface area (Å²) in [5, 5.41) is 6.26. The first kappa shape index (κ1) is 10.9. The van der Waals surface area contributed by atoms with Gasteiger partial charge in [-0.1, -0.05) is 34.8 Å². The number of benzene rings is 1. The van der Waals surface area contributed by atoms with Crippen LogP contribution in [0.3, 0.4) is 0 Å². The van der Waals surface area contributed by atoms with Crippen LogP contribution in [0.15, 0.2) is 36.4 Å². The molecule has 0 saturated heterocycles. The molecule has 78 valence electrons. The lowest BCUT2D eigenvalue weighted by molar-refractivity contribution is -0.132. The molecule has 0 bridgehead atoms. The number of carbonyl (C=O) groups excluding carboxylic acids is 1. The summed E-state index contributed by atoms with van der Waals surface area (Å²) in [5.74, 6) is -1.91. The summed E-state index contributed by atoms with van der Waals surface area (Å²) in [5.41, 5.74) is 5.55. The van der Waals surface area contributed by atoms with Gasteiger partial charge in [-0.2, -0.15) is 0 Å². The molecule has 1 aromatic carbocycles. The fraction of sp³-hybridized carbons (Fsp3) is 0. The summed E-state index contributed by atoms with van der Waals surface area (Å²) >= 11 is 0. The van der Waals surface area contributed by atoms with Crippen molar-refractivity contribution in [3.63, 3.8) is 0 Å². The Morgan fingerprint density at radius 3 is 2.53 bits per heavy atom. The van der Waals surface area contributed by atoms with Gasteiger partial charge in [0.25, 0.3) is 5.91 Å². The molecular weight excluding hydrogens is 197 g/mol. The zero-order valence-corrected chi connectivity index (χ0v) is 7.85. The molecule has 1 rings (SSSR count). The number of nitrogens with zero attached hydrogens (tertiary/aromatic N) is 1. The summed E-state index contributed by atoms with van der Waals surface area (Å²) in [6.07, 6.45) is 2.45. The van der Waals surface area contributed by atoms with E-state index in [0.29, 0.717) is 0 Å². The second kappa shape index (κ2) is 4.90. The first-order chi connectivity index (χ1) is 7.11. The van der Waals surface area contributed by atoms with Crippen LogP contribution in [0.1, 0.15) is 5.56 Å². The Hall–Kier alpha value is -2.17. The number of carbonyl (C=O) groups is 1. The van der Waals surface area contributed by atoms with Crippen molar-refractivity contribution in [1.82, 2.24) is 5.12 Å². The summed E-state index contributed by atoms with van der Waals surface area (Å²) in [6.45, 7) is 0. The van der Waals surface area contributed by atoms with Crippen molar-refractivity contribution in [2.75, 3.05) is 0 Å². The molecule has 0 aromatic heterocycles. The van der Waals surface area contributed by atoms with Gasteiger partial charge < -0.3 is 5.73 Å². The van der Waals surface area contributed by atoms with Gasteiger partial charge in [-0.25, -0.2) is 0 Å². The van der Waals surface area contributed by atoms with Crippen LogP contribution in [0.4, 0.5) is 4.48 Å². The molecule has 0 unspecified atom stereocenters. The quantitative estimate of drug-likeness (QED) is 0.332. The molecule has 15 heavy (non-hydrogen) atoms. The van der Waals surface area contributed by atoms with Crippen LogP contribution < -0.4 is 5.73 Å². The maximum atomic E-state index is 12.7. The summed E-state index contributed by atoms with van der Waals surface area (Å²) < 4.78 is 12.7. The Kier molecular flexibility index (Phi) is 3.56. The minimum Gasteiger partial charge on any atom is -0.368 e. The van der Waals surface area contributed by atoms with Gasteiger partial charge in [0, 0.05) is 6.08 Å². The molecule has 1 amide bonds. The zero-order valence-electron chi connectivity index (χ0n) is 7.85. The van der Waals surface area contributed by atoms with Crippen molar-refractivity contribution < 1.29 is 9.28 Å². The Labute approximate surface area is 86.2 Å². The molecule has 0 spiro atoms. The molecule has 0 aliphatic rings. The Morgan fingerprint density at radius 2 is 2.00 bits per heavy atom. The van der Waals surface area contributed by atoms with E-state index in [2.05, 4.69) is 0 Å². The van der Waals surface area contributed by atoms with E-state index >= 15 is 0 Å². The number of guanidine groups is 1. The third-order valence-electron chi connectivity index (χ3n) is 1.62. The number of amides is 1. The lowest BCUT2D eigenvalue weighted by Crippen LogP contribution is -2.33.